The van der Waals surface area contributed by atoms with E-state index in [1.807, 2.05) is 17.9 Å². The van der Waals surface area contributed by atoms with Crippen LogP contribution >= 0.6 is 0 Å². The smallest absolute Gasteiger partial charge is 0.0964 e. The topological polar surface area (TPSA) is 46.0 Å². The third-order valence-electron chi connectivity index (χ3n) is 3.57. The number of aromatic nitrogens is 3. The van der Waals surface area contributed by atoms with Crippen molar-refractivity contribution in [3.05, 3.63) is 11.9 Å². The van der Waals surface area contributed by atoms with Crippen molar-refractivity contribution in [1.29, 1.82) is 0 Å². The number of rotatable bonds is 10. The summed E-state index contributed by atoms with van der Waals surface area (Å²) in [4.78, 5) is 2.56. The van der Waals surface area contributed by atoms with Crippen LogP contribution in [0.5, 0.6) is 0 Å². The molecule has 1 atom stereocenters. The van der Waals surface area contributed by atoms with Gasteiger partial charge < -0.3 is 5.32 Å². The zero-order valence-corrected chi connectivity index (χ0v) is 12.9. The third-order valence-corrected chi connectivity index (χ3v) is 3.57. The fourth-order valence-corrected chi connectivity index (χ4v) is 2.11. The molecule has 0 aliphatic carbocycles. The van der Waals surface area contributed by atoms with Crippen LogP contribution < -0.4 is 5.32 Å². The molecule has 0 aromatic carbocycles. The van der Waals surface area contributed by atoms with Crippen molar-refractivity contribution in [2.45, 2.75) is 59.2 Å². The van der Waals surface area contributed by atoms with Crippen molar-refractivity contribution in [2.75, 3.05) is 20.1 Å². The first kappa shape index (κ1) is 16.1. The SMILES string of the molecule is CCCCN(CCn1cc(CNC)nn1)C(C)CC. The highest BCUT2D eigenvalue weighted by atomic mass is 15.4. The first-order valence-electron chi connectivity index (χ1n) is 7.48. The Morgan fingerprint density at radius 2 is 2.16 bits per heavy atom. The van der Waals surface area contributed by atoms with Gasteiger partial charge in [-0.1, -0.05) is 25.5 Å². The van der Waals surface area contributed by atoms with E-state index in [0.29, 0.717) is 6.04 Å². The molecule has 0 saturated heterocycles. The number of hydrogen-bond donors (Lipinski definition) is 1. The molecule has 5 nitrogen and oxygen atoms in total. The minimum absolute atomic E-state index is 0.645. The fourth-order valence-electron chi connectivity index (χ4n) is 2.11. The predicted molar refractivity (Wildman–Crippen MR) is 79.0 cm³/mol. The molecule has 0 bridgehead atoms. The summed E-state index contributed by atoms with van der Waals surface area (Å²) in [7, 11) is 1.93. The lowest BCUT2D eigenvalue weighted by Crippen LogP contribution is -2.36. The van der Waals surface area contributed by atoms with Gasteiger partial charge in [-0.3, -0.25) is 9.58 Å². The van der Waals surface area contributed by atoms with Gasteiger partial charge in [0, 0.05) is 25.3 Å². The van der Waals surface area contributed by atoms with Crippen molar-refractivity contribution in [3.8, 4) is 0 Å². The molecule has 110 valence electrons. The number of nitrogens with one attached hydrogen (secondary N) is 1. The summed E-state index contributed by atoms with van der Waals surface area (Å²) >= 11 is 0. The van der Waals surface area contributed by atoms with Gasteiger partial charge in [0.05, 0.1) is 12.2 Å². The Morgan fingerprint density at radius 3 is 2.79 bits per heavy atom. The zero-order valence-electron chi connectivity index (χ0n) is 12.9. The molecule has 0 saturated carbocycles. The Kier molecular flexibility index (Phi) is 7.67. The number of nitrogens with zero attached hydrogens (tertiary/aromatic N) is 4. The molecule has 1 heterocycles. The minimum Gasteiger partial charge on any atom is -0.314 e. The van der Waals surface area contributed by atoms with Crippen molar-refractivity contribution >= 4 is 0 Å². The summed E-state index contributed by atoms with van der Waals surface area (Å²) in [6, 6.07) is 0.645. The average Bonchev–Trinajstić information content (AvgIpc) is 2.86. The Hall–Kier alpha value is -0.940. The van der Waals surface area contributed by atoms with Gasteiger partial charge in [-0.25, -0.2) is 0 Å². The van der Waals surface area contributed by atoms with E-state index in [1.54, 1.807) is 0 Å². The normalized spacial score (nSPS) is 13.1. The van der Waals surface area contributed by atoms with E-state index in [4.69, 9.17) is 0 Å². The fraction of sp³-hybridized carbons (Fsp3) is 0.857. The summed E-state index contributed by atoms with van der Waals surface area (Å²) < 4.78 is 1.95. The van der Waals surface area contributed by atoms with Crippen molar-refractivity contribution < 1.29 is 0 Å². The first-order valence-corrected chi connectivity index (χ1v) is 7.48. The molecule has 0 amide bonds. The highest BCUT2D eigenvalue weighted by molar-refractivity contribution is 4.91. The Balaban J connectivity index is 2.44. The lowest BCUT2D eigenvalue weighted by molar-refractivity contribution is 0.190. The molecule has 0 spiro atoms. The van der Waals surface area contributed by atoms with E-state index in [1.165, 1.54) is 25.8 Å². The van der Waals surface area contributed by atoms with Gasteiger partial charge in [0.25, 0.3) is 0 Å². The van der Waals surface area contributed by atoms with E-state index in [-0.39, 0.29) is 0 Å². The van der Waals surface area contributed by atoms with Crippen LogP contribution in [0.15, 0.2) is 6.20 Å². The molecule has 1 aromatic heterocycles. The molecule has 0 aliphatic heterocycles. The summed E-state index contributed by atoms with van der Waals surface area (Å²) in [5.74, 6) is 0. The van der Waals surface area contributed by atoms with Gasteiger partial charge in [0.15, 0.2) is 0 Å². The minimum atomic E-state index is 0.645. The van der Waals surface area contributed by atoms with Crippen LogP contribution in [0.3, 0.4) is 0 Å². The van der Waals surface area contributed by atoms with Crippen LogP contribution in [-0.4, -0.2) is 46.1 Å². The molecule has 5 heteroatoms. The molecule has 1 unspecified atom stereocenters. The molecular weight excluding hydrogens is 238 g/mol. The Bertz CT molecular complexity index is 336. The van der Waals surface area contributed by atoms with Crippen molar-refractivity contribution in [3.63, 3.8) is 0 Å². The molecule has 19 heavy (non-hydrogen) atoms. The molecule has 0 aliphatic rings. The van der Waals surface area contributed by atoms with Crippen molar-refractivity contribution in [1.82, 2.24) is 25.2 Å². The lowest BCUT2D eigenvalue weighted by Gasteiger charge is -2.28. The van der Waals surface area contributed by atoms with E-state index in [2.05, 4.69) is 41.3 Å². The number of hydrogen-bond acceptors (Lipinski definition) is 4. The van der Waals surface area contributed by atoms with Gasteiger partial charge in [-0.2, -0.15) is 0 Å². The predicted octanol–water partition coefficient (Wildman–Crippen LogP) is 1.90. The summed E-state index contributed by atoms with van der Waals surface area (Å²) in [6.45, 7) is 10.8. The van der Waals surface area contributed by atoms with Crippen LogP contribution in [0, 0.1) is 0 Å². The highest BCUT2D eigenvalue weighted by Gasteiger charge is 2.11. The van der Waals surface area contributed by atoms with Gasteiger partial charge >= 0.3 is 0 Å². The Morgan fingerprint density at radius 1 is 1.37 bits per heavy atom. The second-order valence-corrected chi connectivity index (χ2v) is 5.15. The summed E-state index contributed by atoms with van der Waals surface area (Å²) in [5, 5.41) is 11.4. The summed E-state index contributed by atoms with van der Waals surface area (Å²) in [6.07, 6.45) is 5.76. The average molecular weight is 267 g/mol. The van der Waals surface area contributed by atoms with Crippen LogP contribution in [0.1, 0.15) is 45.7 Å². The quantitative estimate of drug-likeness (QED) is 0.703. The molecule has 0 radical (unpaired) electrons. The maximum atomic E-state index is 4.17. The maximum Gasteiger partial charge on any atom is 0.0964 e. The third kappa shape index (κ3) is 5.70. The van der Waals surface area contributed by atoms with E-state index in [0.717, 1.165) is 25.3 Å². The monoisotopic (exact) mass is 267 g/mol. The van der Waals surface area contributed by atoms with Crippen molar-refractivity contribution in [2.24, 2.45) is 0 Å². The maximum absolute atomic E-state index is 4.17. The standard InChI is InChI=1S/C14H29N5/c1-5-7-8-18(13(3)6-2)9-10-19-12-14(11-15-4)16-17-19/h12-13,15H,5-11H2,1-4H3. The summed E-state index contributed by atoms with van der Waals surface area (Å²) in [5.41, 5.74) is 1.01. The van der Waals surface area contributed by atoms with E-state index >= 15 is 0 Å². The van der Waals surface area contributed by atoms with Crippen LogP contribution in [-0.2, 0) is 13.1 Å². The second-order valence-electron chi connectivity index (χ2n) is 5.15. The van der Waals surface area contributed by atoms with Gasteiger partial charge in [0.2, 0.25) is 0 Å². The molecule has 1 N–H and O–H groups in total. The van der Waals surface area contributed by atoms with Crippen LogP contribution in [0.4, 0.5) is 0 Å². The Labute approximate surface area is 117 Å². The van der Waals surface area contributed by atoms with Gasteiger partial charge in [-0.15, -0.1) is 5.10 Å². The van der Waals surface area contributed by atoms with E-state index < -0.39 is 0 Å². The van der Waals surface area contributed by atoms with Crippen LogP contribution in [0.25, 0.3) is 0 Å². The molecule has 1 aromatic rings. The molecule has 1 rings (SSSR count). The second kappa shape index (κ2) is 9.04. The van der Waals surface area contributed by atoms with Crippen LogP contribution in [0.2, 0.25) is 0 Å². The zero-order chi connectivity index (χ0) is 14.1. The van der Waals surface area contributed by atoms with Gasteiger partial charge in [-0.05, 0) is 33.4 Å². The van der Waals surface area contributed by atoms with Gasteiger partial charge in [0.1, 0.15) is 0 Å². The molecular formula is C14H29N5. The molecule has 0 fully saturated rings. The lowest BCUT2D eigenvalue weighted by atomic mass is 10.2. The highest BCUT2D eigenvalue weighted by Crippen LogP contribution is 2.06. The number of unbranched alkanes of at least 4 members (excludes halogenated alkanes) is 1. The first-order chi connectivity index (χ1) is 9.21. The van der Waals surface area contributed by atoms with E-state index in [9.17, 15) is 0 Å². The largest absolute Gasteiger partial charge is 0.314 e.